The number of methoxy groups -OCH3 is 2. The number of carbonyl (C=O) groups excluding carboxylic acids is 2. The molecule has 1 amide bonds. The van der Waals surface area contributed by atoms with Crippen molar-refractivity contribution in [3.8, 4) is 11.5 Å². The topological polar surface area (TPSA) is 89.0 Å². The number of hydrogen-bond donors (Lipinski definition) is 1. The minimum absolute atomic E-state index is 0.119. The predicted octanol–water partition coefficient (Wildman–Crippen LogP) is 5.53. The SMILES string of the molecule is COc1cc(OC)c(/C(O)=C2\C(=O)C(=O)N(c3cccc4ccccc34)C2c2ccccn2)cc1Cl. The lowest BCUT2D eigenvalue weighted by Crippen LogP contribution is -2.30. The average molecular weight is 501 g/mol. The van der Waals surface area contributed by atoms with E-state index in [1.807, 2.05) is 36.4 Å². The Labute approximate surface area is 212 Å². The number of hydrogen-bond acceptors (Lipinski definition) is 6. The van der Waals surface area contributed by atoms with Crippen LogP contribution in [0.2, 0.25) is 5.02 Å². The molecule has 0 saturated carbocycles. The Bertz CT molecular complexity index is 1530. The number of ether oxygens (including phenoxy) is 2. The maximum absolute atomic E-state index is 13.5. The van der Waals surface area contributed by atoms with Gasteiger partial charge in [0.2, 0.25) is 0 Å². The van der Waals surface area contributed by atoms with Crippen LogP contribution in [0.25, 0.3) is 16.5 Å². The lowest BCUT2D eigenvalue weighted by atomic mass is 9.97. The number of nitrogens with zero attached hydrogens (tertiary/aromatic N) is 2. The second-order valence-corrected chi connectivity index (χ2v) is 8.52. The molecule has 3 aromatic carbocycles. The quantitative estimate of drug-likeness (QED) is 0.220. The first kappa shape index (κ1) is 23.4. The first-order chi connectivity index (χ1) is 17.5. The summed E-state index contributed by atoms with van der Waals surface area (Å²) in [6, 6.07) is 20.3. The monoisotopic (exact) mass is 500 g/mol. The molecule has 0 bridgehead atoms. The van der Waals surface area contributed by atoms with E-state index in [1.165, 1.54) is 31.3 Å². The second-order valence-electron chi connectivity index (χ2n) is 8.11. The number of carbonyl (C=O) groups is 2. The van der Waals surface area contributed by atoms with E-state index in [1.54, 1.807) is 30.5 Å². The van der Waals surface area contributed by atoms with E-state index in [0.29, 0.717) is 17.1 Å². The molecule has 180 valence electrons. The first-order valence-electron chi connectivity index (χ1n) is 11.1. The van der Waals surface area contributed by atoms with Crippen molar-refractivity contribution < 1.29 is 24.2 Å². The van der Waals surface area contributed by atoms with Crippen LogP contribution in [0.1, 0.15) is 17.3 Å². The summed E-state index contributed by atoms with van der Waals surface area (Å²) in [5, 5.41) is 13.4. The summed E-state index contributed by atoms with van der Waals surface area (Å²) in [4.78, 5) is 32.8. The van der Waals surface area contributed by atoms with Gasteiger partial charge in [0, 0.05) is 17.6 Å². The largest absolute Gasteiger partial charge is 0.507 e. The number of aliphatic hydroxyl groups is 1. The molecular formula is C28H21ClN2O5. The van der Waals surface area contributed by atoms with Crippen molar-refractivity contribution in [2.45, 2.75) is 6.04 Å². The van der Waals surface area contributed by atoms with Crippen molar-refractivity contribution in [2.75, 3.05) is 19.1 Å². The summed E-state index contributed by atoms with van der Waals surface area (Å²) in [6.07, 6.45) is 1.57. The summed E-state index contributed by atoms with van der Waals surface area (Å²) in [7, 11) is 2.88. The number of ketones is 1. The van der Waals surface area contributed by atoms with E-state index in [2.05, 4.69) is 4.98 Å². The van der Waals surface area contributed by atoms with Crippen molar-refractivity contribution in [1.82, 2.24) is 4.98 Å². The smallest absolute Gasteiger partial charge is 0.300 e. The minimum Gasteiger partial charge on any atom is -0.507 e. The Morgan fingerprint density at radius 3 is 2.39 bits per heavy atom. The number of aliphatic hydroxyl groups excluding tert-OH is 1. The minimum atomic E-state index is -0.984. The van der Waals surface area contributed by atoms with Gasteiger partial charge in [0.25, 0.3) is 11.7 Å². The van der Waals surface area contributed by atoms with Crippen LogP contribution in [-0.4, -0.2) is 36.0 Å². The number of Topliss-reactive ketones (excluding diaryl/α,β-unsaturated/α-hetero) is 1. The number of halogens is 1. The average Bonchev–Trinajstić information content (AvgIpc) is 3.18. The van der Waals surface area contributed by atoms with Gasteiger partial charge in [-0.05, 0) is 29.7 Å². The van der Waals surface area contributed by atoms with Gasteiger partial charge in [0.05, 0.1) is 41.8 Å². The maximum atomic E-state index is 13.5. The zero-order chi connectivity index (χ0) is 25.4. The highest BCUT2D eigenvalue weighted by atomic mass is 35.5. The molecule has 1 saturated heterocycles. The number of rotatable bonds is 5. The summed E-state index contributed by atoms with van der Waals surface area (Å²) in [5.74, 6) is -1.48. The van der Waals surface area contributed by atoms with Crippen molar-refractivity contribution in [1.29, 1.82) is 0 Å². The van der Waals surface area contributed by atoms with Gasteiger partial charge in [-0.1, -0.05) is 54.1 Å². The molecule has 8 heteroatoms. The molecule has 1 N–H and O–H groups in total. The molecule has 1 fully saturated rings. The standard InChI is InChI=1S/C28H21ClN2O5/c1-35-22-15-23(36-2)19(29)14-18(22)26(32)24-25(20-11-5-6-13-30-20)31(28(34)27(24)33)21-12-7-9-16-8-3-4-10-17(16)21/h3-15,25,32H,1-2H3/b26-24+. The van der Waals surface area contributed by atoms with E-state index in [0.717, 1.165) is 10.8 Å². The van der Waals surface area contributed by atoms with E-state index in [9.17, 15) is 14.7 Å². The van der Waals surface area contributed by atoms with E-state index in [4.69, 9.17) is 21.1 Å². The molecule has 0 aliphatic carbocycles. The molecule has 1 aromatic heterocycles. The molecule has 36 heavy (non-hydrogen) atoms. The van der Waals surface area contributed by atoms with Crippen LogP contribution in [-0.2, 0) is 9.59 Å². The van der Waals surface area contributed by atoms with Crippen LogP contribution >= 0.6 is 11.6 Å². The number of anilines is 1. The molecule has 0 spiro atoms. The van der Waals surface area contributed by atoms with Gasteiger partial charge in [-0.15, -0.1) is 0 Å². The molecule has 2 heterocycles. The van der Waals surface area contributed by atoms with Gasteiger partial charge in [-0.25, -0.2) is 0 Å². The Kier molecular flexibility index (Phi) is 6.08. The van der Waals surface area contributed by atoms with Gasteiger partial charge < -0.3 is 14.6 Å². The predicted molar refractivity (Wildman–Crippen MR) is 138 cm³/mol. The van der Waals surface area contributed by atoms with Crippen LogP contribution in [0.15, 0.2) is 84.6 Å². The van der Waals surface area contributed by atoms with Crippen molar-refractivity contribution in [3.05, 3.63) is 101 Å². The molecule has 4 aromatic rings. The molecule has 1 aliphatic rings. The number of aromatic nitrogens is 1. The van der Waals surface area contributed by atoms with Crippen LogP contribution in [0, 0.1) is 0 Å². The van der Waals surface area contributed by atoms with Gasteiger partial charge in [-0.3, -0.25) is 19.5 Å². The summed E-state index contributed by atoms with van der Waals surface area (Å²) >= 11 is 6.33. The Morgan fingerprint density at radius 1 is 0.944 bits per heavy atom. The van der Waals surface area contributed by atoms with Crippen LogP contribution in [0.4, 0.5) is 5.69 Å². The molecule has 0 radical (unpaired) electrons. The highest BCUT2D eigenvalue weighted by Crippen LogP contribution is 2.45. The maximum Gasteiger partial charge on any atom is 0.300 e. The molecule has 7 nitrogen and oxygen atoms in total. The van der Waals surface area contributed by atoms with Crippen molar-refractivity contribution >= 4 is 45.5 Å². The molecule has 1 aliphatic heterocycles. The third-order valence-electron chi connectivity index (χ3n) is 6.17. The van der Waals surface area contributed by atoms with Crippen molar-refractivity contribution in [2.24, 2.45) is 0 Å². The molecule has 1 unspecified atom stereocenters. The Morgan fingerprint density at radius 2 is 1.67 bits per heavy atom. The third-order valence-corrected chi connectivity index (χ3v) is 6.46. The highest BCUT2D eigenvalue weighted by molar-refractivity contribution is 6.52. The fourth-order valence-corrected chi connectivity index (χ4v) is 4.75. The zero-order valence-electron chi connectivity index (χ0n) is 19.4. The van der Waals surface area contributed by atoms with E-state index < -0.39 is 23.5 Å². The lowest BCUT2D eigenvalue weighted by molar-refractivity contribution is -0.132. The van der Waals surface area contributed by atoms with Crippen LogP contribution < -0.4 is 14.4 Å². The third kappa shape index (κ3) is 3.74. The number of pyridine rings is 1. The molecule has 1 atom stereocenters. The number of fused-ring (bicyclic) bond motifs is 1. The van der Waals surface area contributed by atoms with E-state index >= 15 is 0 Å². The van der Waals surface area contributed by atoms with Crippen LogP contribution in [0.3, 0.4) is 0 Å². The normalized spacial score (nSPS) is 17.0. The zero-order valence-corrected chi connectivity index (χ0v) is 20.2. The summed E-state index contributed by atoms with van der Waals surface area (Å²) in [5.41, 5.74) is 0.987. The summed E-state index contributed by atoms with van der Waals surface area (Å²) in [6.45, 7) is 0. The first-order valence-corrected chi connectivity index (χ1v) is 11.5. The fraction of sp³-hybridized carbons (Fsp3) is 0.107. The molecular weight excluding hydrogens is 480 g/mol. The Hall–Kier alpha value is -4.36. The van der Waals surface area contributed by atoms with Crippen LogP contribution in [0.5, 0.6) is 11.5 Å². The van der Waals surface area contributed by atoms with Gasteiger partial charge in [0.1, 0.15) is 23.3 Å². The highest BCUT2D eigenvalue weighted by Gasteiger charge is 2.48. The van der Waals surface area contributed by atoms with Gasteiger partial charge in [-0.2, -0.15) is 0 Å². The second kappa shape index (κ2) is 9.36. The van der Waals surface area contributed by atoms with Crippen molar-refractivity contribution in [3.63, 3.8) is 0 Å². The molecule has 5 rings (SSSR count). The van der Waals surface area contributed by atoms with Gasteiger partial charge in [0.15, 0.2) is 0 Å². The van der Waals surface area contributed by atoms with Gasteiger partial charge >= 0.3 is 0 Å². The Balaban J connectivity index is 1.79. The number of benzene rings is 3. The lowest BCUT2D eigenvalue weighted by Gasteiger charge is -2.26. The summed E-state index contributed by atoms with van der Waals surface area (Å²) < 4.78 is 10.7. The fourth-order valence-electron chi connectivity index (χ4n) is 4.51. The number of amides is 1. The van der Waals surface area contributed by atoms with E-state index in [-0.39, 0.29) is 21.9 Å².